The maximum atomic E-state index is 6.25. The summed E-state index contributed by atoms with van der Waals surface area (Å²) in [6.07, 6.45) is 3.75. The summed E-state index contributed by atoms with van der Waals surface area (Å²) in [4.78, 5) is 4.46. The van der Waals surface area contributed by atoms with Crippen molar-refractivity contribution in [1.82, 2.24) is 10.3 Å². The van der Waals surface area contributed by atoms with Crippen LogP contribution in [0.15, 0.2) is 47.1 Å². The molecule has 4 heteroatoms. The zero-order valence-corrected chi connectivity index (χ0v) is 13.8. The topological polar surface area (TPSA) is 24.9 Å². The van der Waals surface area contributed by atoms with Crippen molar-refractivity contribution in [2.24, 2.45) is 5.92 Å². The maximum Gasteiger partial charge on any atom is 0.0438 e. The van der Waals surface area contributed by atoms with E-state index in [1.165, 1.54) is 5.56 Å². The van der Waals surface area contributed by atoms with Gasteiger partial charge in [0.25, 0.3) is 0 Å². The van der Waals surface area contributed by atoms with Gasteiger partial charge in [-0.05, 0) is 72.0 Å². The summed E-state index contributed by atoms with van der Waals surface area (Å²) in [5, 5.41) is 4.10. The molecule has 1 unspecified atom stereocenters. The number of hydrogen-bond donors (Lipinski definition) is 1. The molecule has 0 aliphatic rings. The Labute approximate surface area is 133 Å². The van der Waals surface area contributed by atoms with E-state index < -0.39 is 0 Å². The molecular weight excluding hydrogens is 336 g/mol. The van der Waals surface area contributed by atoms with Gasteiger partial charge < -0.3 is 5.32 Å². The molecule has 2 nitrogen and oxygen atoms in total. The molecule has 2 aromatic rings. The van der Waals surface area contributed by atoms with Crippen LogP contribution in [0.25, 0.3) is 0 Å². The summed E-state index contributed by atoms with van der Waals surface area (Å²) in [6, 6.07) is 12.2. The zero-order chi connectivity index (χ0) is 14.4. The van der Waals surface area contributed by atoms with Gasteiger partial charge in [-0.15, -0.1) is 0 Å². The SMILES string of the molecule is CNCC(Cc1ccc(Br)cn1)Cc1ccccc1Cl. The number of rotatable bonds is 6. The minimum atomic E-state index is 0.480. The van der Waals surface area contributed by atoms with Gasteiger partial charge in [-0.1, -0.05) is 29.8 Å². The van der Waals surface area contributed by atoms with E-state index in [2.05, 4.69) is 38.4 Å². The molecule has 0 aliphatic heterocycles. The highest BCUT2D eigenvalue weighted by molar-refractivity contribution is 9.10. The van der Waals surface area contributed by atoms with E-state index >= 15 is 0 Å². The van der Waals surface area contributed by atoms with Gasteiger partial charge in [0.2, 0.25) is 0 Å². The molecule has 1 atom stereocenters. The molecule has 0 saturated heterocycles. The third-order valence-corrected chi connectivity index (χ3v) is 4.08. The number of nitrogens with zero attached hydrogens (tertiary/aromatic N) is 1. The van der Waals surface area contributed by atoms with Crippen molar-refractivity contribution in [1.29, 1.82) is 0 Å². The minimum Gasteiger partial charge on any atom is -0.319 e. The van der Waals surface area contributed by atoms with Gasteiger partial charge in [-0.25, -0.2) is 0 Å². The molecule has 1 aromatic heterocycles. The smallest absolute Gasteiger partial charge is 0.0438 e. The summed E-state index contributed by atoms with van der Waals surface area (Å²) in [6.45, 7) is 0.947. The van der Waals surface area contributed by atoms with Crippen LogP contribution < -0.4 is 5.32 Å². The van der Waals surface area contributed by atoms with Crippen molar-refractivity contribution < 1.29 is 0 Å². The first-order valence-corrected chi connectivity index (χ1v) is 7.84. The molecule has 0 saturated carbocycles. The first kappa shape index (κ1) is 15.5. The number of aromatic nitrogens is 1. The van der Waals surface area contributed by atoms with Crippen molar-refractivity contribution in [2.75, 3.05) is 13.6 Å². The molecule has 0 spiro atoms. The Balaban J connectivity index is 2.07. The molecule has 1 N–H and O–H groups in total. The van der Waals surface area contributed by atoms with Crippen LogP contribution in [0.1, 0.15) is 11.3 Å². The number of pyridine rings is 1. The van der Waals surface area contributed by atoms with Crippen LogP contribution in [0.4, 0.5) is 0 Å². The summed E-state index contributed by atoms with van der Waals surface area (Å²) in [5.74, 6) is 0.480. The first-order chi connectivity index (χ1) is 9.69. The van der Waals surface area contributed by atoms with Gasteiger partial charge in [-0.2, -0.15) is 0 Å². The largest absolute Gasteiger partial charge is 0.319 e. The van der Waals surface area contributed by atoms with Crippen molar-refractivity contribution in [2.45, 2.75) is 12.8 Å². The monoisotopic (exact) mass is 352 g/mol. The van der Waals surface area contributed by atoms with Crippen molar-refractivity contribution in [3.05, 3.63) is 63.3 Å². The molecule has 0 fully saturated rings. The van der Waals surface area contributed by atoms with Crippen LogP contribution >= 0.6 is 27.5 Å². The van der Waals surface area contributed by atoms with E-state index in [0.717, 1.165) is 34.6 Å². The second-order valence-electron chi connectivity index (χ2n) is 4.89. The van der Waals surface area contributed by atoms with Crippen LogP contribution in [-0.4, -0.2) is 18.6 Å². The predicted molar refractivity (Wildman–Crippen MR) is 88.2 cm³/mol. The molecule has 0 radical (unpaired) electrons. The van der Waals surface area contributed by atoms with Gasteiger partial charge in [-0.3, -0.25) is 4.98 Å². The van der Waals surface area contributed by atoms with E-state index in [9.17, 15) is 0 Å². The van der Waals surface area contributed by atoms with Gasteiger partial charge in [0.15, 0.2) is 0 Å². The Morgan fingerprint density at radius 1 is 1.20 bits per heavy atom. The highest BCUT2D eigenvalue weighted by Gasteiger charge is 2.12. The Morgan fingerprint density at radius 3 is 2.65 bits per heavy atom. The predicted octanol–water partition coefficient (Wildman–Crippen LogP) is 4.12. The van der Waals surface area contributed by atoms with E-state index in [4.69, 9.17) is 11.6 Å². The fourth-order valence-corrected chi connectivity index (χ4v) is 2.75. The number of hydrogen-bond acceptors (Lipinski definition) is 2. The van der Waals surface area contributed by atoms with Crippen LogP contribution in [0, 0.1) is 5.92 Å². The lowest BCUT2D eigenvalue weighted by atomic mass is 9.94. The Hall–Kier alpha value is -0.900. The summed E-state index contributed by atoms with van der Waals surface area (Å²) >= 11 is 9.66. The molecular formula is C16H18BrClN2. The van der Waals surface area contributed by atoms with Crippen LogP contribution in [-0.2, 0) is 12.8 Å². The van der Waals surface area contributed by atoms with Crippen LogP contribution in [0.5, 0.6) is 0 Å². The zero-order valence-electron chi connectivity index (χ0n) is 11.4. The molecule has 2 rings (SSSR count). The van der Waals surface area contributed by atoms with Crippen molar-refractivity contribution in [3.63, 3.8) is 0 Å². The van der Waals surface area contributed by atoms with Crippen molar-refractivity contribution >= 4 is 27.5 Å². The fraction of sp³-hybridized carbons (Fsp3) is 0.312. The van der Waals surface area contributed by atoms with E-state index in [0.29, 0.717) is 5.92 Å². The fourth-order valence-electron chi connectivity index (χ4n) is 2.30. The summed E-state index contributed by atoms with van der Waals surface area (Å²) < 4.78 is 1.01. The second kappa shape index (κ2) is 7.77. The summed E-state index contributed by atoms with van der Waals surface area (Å²) in [7, 11) is 1.98. The number of halogens is 2. The summed E-state index contributed by atoms with van der Waals surface area (Å²) in [5.41, 5.74) is 2.31. The normalized spacial score (nSPS) is 12.3. The van der Waals surface area contributed by atoms with Crippen LogP contribution in [0.3, 0.4) is 0 Å². The average Bonchev–Trinajstić information content (AvgIpc) is 2.44. The number of nitrogens with one attached hydrogen (secondary N) is 1. The third kappa shape index (κ3) is 4.58. The second-order valence-corrected chi connectivity index (χ2v) is 6.21. The lowest BCUT2D eigenvalue weighted by molar-refractivity contribution is 0.488. The Bertz CT molecular complexity index is 542. The molecule has 1 aromatic carbocycles. The maximum absolute atomic E-state index is 6.25. The molecule has 1 heterocycles. The quantitative estimate of drug-likeness (QED) is 0.845. The van der Waals surface area contributed by atoms with Gasteiger partial charge in [0.1, 0.15) is 0 Å². The van der Waals surface area contributed by atoms with E-state index in [-0.39, 0.29) is 0 Å². The highest BCUT2D eigenvalue weighted by atomic mass is 79.9. The van der Waals surface area contributed by atoms with Crippen molar-refractivity contribution in [3.8, 4) is 0 Å². The van der Waals surface area contributed by atoms with E-state index in [1.807, 2.05) is 37.5 Å². The molecule has 0 aliphatic carbocycles. The Kier molecular flexibility index (Phi) is 6.02. The lowest BCUT2D eigenvalue weighted by Crippen LogP contribution is -2.23. The first-order valence-electron chi connectivity index (χ1n) is 6.67. The van der Waals surface area contributed by atoms with Gasteiger partial charge in [0.05, 0.1) is 0 Å². The molecule has 106 valence electrons. The molecule has 0 amide bonds. The average molecular weight is 354 g/mol. The standard InChI is InChI=1S/C16H18BrClN2/c1-19-10-12(8-13-4-2-3-5-16(13)18)9-15-7-6-14(17)11-20-15/h2-7,11-12,19H,8-10H2,1H3. The van der Waals surface area contributed by atoms with Gasteiger partial charge in [0, 0.05) is 21.4 Å². The number of benzene rings is 1. The molecule has 0 bridgehead atoms. The minimum absolute atomic E-state index is 0.480. The van der Waals surface area contributed by atoms with Crippen LogP contribution in [0.2, 0.25) is 5.02 Å². The highest BCUT2D eigenvalue weighted by Crippen LogP contribution is 2.21. The Morgan fingerprint density at radius 2 is 2.00 bits per heavy atom. The third-order valence-electron chi connectivity index (χ3n) is 3.25. The lowest BCUT2D eigenvalue weighted by Gasteiger charge is -2.17. The van der Waals surface area contributed by atoms with E-state index in [1.54, 1.807) is 0 Å². The van der Waals surface area contributed by atoms with Gasteiger partial charge >= 0.3 is 0 Å². The molecule has 20 heavy (non-hydrogen) atoms.